The minimum absolute atomic E-state index is 0.133. The molecule has 1 aromatic carbocycles. The smallest absolute Gasteiger partial charge is 0.383 e. The number of hydrogen-bond acceptors (Lipinski definition) is 6. The molecule has 0 saturated heterocycles. The van der Waals surface area contributed by atoms with E-state index in [9.17, 15) is 14.7 Å². The standard InChI is InChI=1S/C19H24O6/c1-3-4-5-6-7-8-11-23-18-17(21)15-10-9-14(24-13(2)20)12-16(15)25-19(18)22/h9-10,12,21H,3-8,11H2,1-2H3. The van der Waals surface area contributed by atoms with Crippen LogP contribution in [0.15, 0.2) is 27.4 Å². The van der Waals surface area contributed by atoms with Crippen molar-refractivity contribution in [2.75, 3.05) is 6.61 Å². The van der Waals surface area contributed by atoms with Crippen LogP contribution >= 0.6 is 0 Å². The van der Waals surface area contributed by atoms with Crippen molar-refractivity contribution in [3.05, 3.63) is 28.6 Å². The Bertz CT molecular complexity index is 777. The lowest BCUT2D eigenvalue weighted by atomic mass is 10.1. The van der Waals surface area contributed by atoms with Gasteiger partial charge in [0.2, 0.25) is 5.75 Å². The van der Waals surface area contributed by atoms with Crippen LogP contribution in [0.3, 0.4) is 0 Å². The number of aromatic hydroxyl groups is 1. The van der Waals surface area contributed by atoms with Crippen molar-refractivity contribution >= 4 is 16.9 Å². The first kappa shape index (κ1) is 18.8. The van der Waals surface area contributed by atoms with E-state index in [1.165, 1.54) is 44.4 Å². The number of carbonyl (C=O) groups excluding carboxylic acids is 1. The van der Waals surface area contributed by atoms with Gasteiger partial charge in [0, 0.05) is 13.0 Å². The molecule has 2 aromatic rings. The summed E-state index contributed by atoms with van der Waals surface area (Å²) >= 11 is 0. The molecule has 1 aromatic heterocycles. The maximum atomic E-state index is 12.0. The molecule has 0 amide bonds. The van der Waals surface area contributed by atoms with Gasteiger partial charge < -0.3 is 19.0 Å². The largest absolute Gasteiger partial charge is 0.504 e. The fraction of sp³-hybridized carbons (Fsp3) is 0.474. The van der Waals surface area contributed by atoms with E-state index in [4.69, 9.17) is 13.9 Å². The summed E-state index contributed by atoms with van der Waals surface area (Å²) in [6.07, 6.45) is 6.59. The van der Waals surface area contributed by atoms with Crippen LogP contribution in [0.5, 0.6) is 17.2 Å². The van der Waals surface area contributed by atoms with E-state index in [-0.39, 0.29) is 22.8 Å². The Kier molecular flexibility index (Phi) is 6.86. The van der Waals surface area contributed by atoms with Crippen LogP contribution in [0.25, 0.3) is 11.0 Å². The summed E-state index contributed by atoms with van der Waals surface area (Å²) in [6.45, 7) is 3.79. The second kappa shape index (κ2) is 9.11. The molecule has 0 fully saturated rings. The third kappa shape index (κ3) is 5.24. The van der Waals surface area contributed by atoms with Crippen molar-refractivity contribution in [1.82, 2.24) is 0 Å². The van der Waals surface area contributed by atoms with E-state index in [0.29, 0.717) is 12.0 Å². The normalized spacial score (nSPS) is 10.8. The Morgan fingerprint density at radius 3 is 2.60 bits per heavy atom. The van der Waals surface area contributed by atoms with E-state index in [1.54, 1.807) is 0 Å². The van der Waals surface area contributed by atoms with E-state index >= 15 is 0 Å². The highest BCUT2D eigenvalue weighted by Crippen LogP contribution is 2.33. The van der Waals surface area contributed by atoms with Gasteiger partial charge in [0.1, 0.15) is 11.3 Å². The SMILES string of the molecule is CCCCCCCCOc1c(O)c2ccc(OC(C)=O)cc2oc1=O. The van der Waals surface area contributed by atoms with E-state index in [1.807, 2.05) is 0 Å². The van der Waals surface area contributed by atoms with Gasteiger partial charge >= 0.3 is 11.6 Å². The van der Waals surface area contributed by atoms with Crippen LogP contribution in [0.4, 0.5) is 0 Å². The molecule has 0 radical (unpaired) electrons. The van der Waals surface area contributed by atoms with Gasteiger partial charge in [-0.05, 0) is 18.6 Å². The van der Waals surface area contributed by atoms with Gasteiger partial charge in [0.15, 0.2) is 5.75 Å². The number of rotatable bonds is 9. The van der Waals surface area contributed by atoms with Crippen molar-refractivity contribution in [2.24, 2.45) is 0 Å². The molecule has 6 heteroatoms. The summed E-state index contributed by atoms with van der Waals surface area (Å²) in [4.78, 5) is 23.0. The average Bonchev–Trinajstić information content (AvgIpc) is 2.55. The predicted molar refractivity (Wildman–Crippen MR) is 94.3 cm³/mol. The Morgan fingerprint density at radius 1 is 1.16 bits per heavy atom. The van der Waals surface area contributed by atoms with Gasteiger partial charge in [-0.15, -0.1) is 0 Å². The van der Waals surface area contributed by atoms with E-state index < -0.39 is 11.6 Å². The van der Waals surface area contributed by atoms with Crippen LogP contribution in [0.1, 0.15) is 52.4 Å². The van der Waals surface area contributed by atoms with Crippen molar-refractivity contribution in [3.63, 3.8) is 0 Å². The molecule has 0 bridgehead atoms. The molecule has 1 N–H and O–H groups in total. The van der Waals surface area contributed by atoms with Gasteiger partial charge in [-0.3, -0.25) is 4.79 Å². The predicted octanol–water partition coefficient (Wildman–Crippen LogP) is 4.16. The number of hydrogen-bond donors (Lipinski definition) is 1. The van der Waals surface area contributed by atoms with Crippen LogP contribution in [-0.4, -0.2) is 17.7 Å². The van der Waals surface area contributed by atoms with Gasteiger partial charge in [-0.25, -0.2) is 4.79 Å². The molecule has 0 aliphatic rings. The number of ether oxygens (including phenoxy) is 2. The van der Waals surface area contributed by atoms with Crippen molar-refractivity contribution in [3.8, 4) is 17.2 Å². The number of unbranched alkanes of at least 4 members (excludes halogenated alkanes) is 5. The third-order valence-corrected chi connectivity index (χ3v) is 3.82. The monoisotopic (exact) mass is 348 g/mol. The number of fused-ring (bicyclic) bond motifs is 1. The highest BCUT2D eigenvalue weighted by atomic mass is 16.5. The minimum Gasteiger partial charge on any atom is -0.504 e. The quantitative estimate of drug-likeness (QED) is 0.317. The van der Waals surface area contributed by atoms with Crippen molar-refractivity contribution < 1.29 is 23.8 Å². The Labute approximate surface area is 146 Å². The molecule has 0 unspecified atom stereocenters. The third-order valence-electron chi connectivity index (χ3n) is 3.82. The minimum atomic E-state index is -0.754. The van der Waals surface area contributed by atoms with Gasteiger partial charge in [-0.2, -0.15) is 0 Å². The highest BCUT2D eigenvalue weighted by molar-refractivity contribution is 5.86. The Hall–Kier alpha value is -2.50. The highest BCUT2D eigenvalue weighted by Gasteiger charge is 2.16. The second-order valence-electron chi connectivity index (χ2n) is 5.94. The maximum Gasteiger partial charge on any atom is 0.383 e. The van der Waals surface area contributed by atoms with Gasteiger partial charge in [-0.1, -0.05) is 39.0 Å². The topological polar surface area (TPSA) is 86.0 Å². The summed E-state index contributed by atoms with van der Waals surface area (Å²) < 4.78 is 15.5. The summed E-state index contributed by atoms with van der Waals surface area (Å²) in [5, 5.41) is 10.6. The summed E-state index contributed by atoms with van der Waals surface area (Å²) in [7, 11) is 0. The van der Waals surface area contributed by atoms with Crippen LogP contribution < -0.4 is 15.1 Å². The molecule has 0 saturated carbocycles. The zero-order chi connectivity index (χ0) is 18.2. The van der Waals surface area contributed by atoms with Gasteiger partial charge in [0.25, 0.3) is 0 Å². The molecule has 1 heterocycles. The van der Waals surface area contributed by atoms with E-state index in [0.717, 1.165) is 19.3 Å². The first-order chi connectivity index (χ1) is 12.0. The zero-order valence-corrected chi connectivity index (χ0v) is 14.7. The van der Waals surface area contributed by atoms with Crippen molar-refractivity contribution in [1.29, 1.82) is 0 Å². The number of esters is 1. The lowest BCUT2D eigenvalue weighted by Crippen LogP contribution is -2.09. The molecule has 6 nitrogen and oxygen atoms in total. The molecule has 0 aliphatic heterocycles. The molecule has 2 rings (SSSR count). The second-order valence-corrected chi connectivity index (χ2v) is 5.94. The molecule has 0 atom stereocenters. The van der Waals surface area contributed by atoms with Gasteiger partial charge in [0.05, 0.1) is 12.0 Å². The lowest BCUT2D eigenvalue weighted by molar-refractivity contribution is -0.131. The lowest BCUT2D eigenvalue weighted by Gasteiger charge is -2.09. The molecular formula is C19H24O6. The van der Waals surface area contributed by atoms with Crippen LogP contribution in [-0.2, 0) is 4.79 Å². The summed E-state index contributed by atoms with van der Waals surface area (Å²) in [6, 6.07) is 4.42. The van der Waals surface area contributed by atoms with Crippen LogP contribution in [0, 0.1) is 0 Å². The fourth-order valence-corrected chi connectivity index (χ4v) is 2.56. The fourth-order valence-electron chi connectivity index (χ4n) is 2.56. The summed E-state index contributed by atoms with van der Waals surface area (Å²) in [5.41, 5.74) is -0.621. The Morgan fingerprint density at radius 2 is 1.88 bits per heavy atom. The number of benzene rings is 1. The molecule has 136 valence electrons. The first-order valence-corrected chi connectivity index (χ1v) is 8.64. The molecule has 0 spiro atoms. The van der Waals surface area contributed by atoms with E-state index in [2.05, 4.69) is 6.92 Å². The van der Waals surface area contributed by atoms with Crippen molar-refractivity contribution in [2.45, 2.75) is 52.4 Å². The molecule has 0 aliphatic carbocycles. The summed E-state index contributed by atoms with van der Waals surface area (Å²) in [5.74, 6) is -0.680. The maximum absolute atomic E-state index is 12.0. The zero-order valence-electron chi connectivity index (χ0n) is 14.7. The average molecular weight is 348 g/mol. The first-order valence-electron chi connectivity index (χ1n) is 8.64. The van der Waals surface area contributed by atoms with Crippen LogP contribution in [0.2, 0.25) is 0 Å². The molecule has 25 heavy (non-hydrogen) atoms. The number of carbonyl (C=O) groups is 1. The Balaban J connectivity index is 2.05. The molecular weight excluding hydrogens is 324 g/mol.